The smallest absolute Gasteiger partial charge is 0.222 e. The van der Waals surface area contributed by atoms with E-state index in [1.54, 1.807) is 19.6 Å². The number of piperazine rings is 1. The van der Waals surface area contributed by atoms with Gasteiger partial charge in [-0.15, -0.1) is 0 Å². The summed E-state index contributed by atoms with van der Waals surface area (Å²) < 4.78 is 0. The fourth-order valence-electron chi connectivity index (χ4n) is 4.68. The molecule has 5 aliphatic rings. The van der Waals surface area contributed by atoms with Gasteiger partial charge in [-0.25, -0.2) is 0 Å². The van der Waals surface area contributed by atoms with Gasteiger partial charge in [0.2, 0.25) is 23.6 Å². The maximum Gasteiger partial charge on any atom is 0.222 e. The van der Waals surface area contributed by atoms with Crippen LogP contribution in [0.2, 0.25) is 0 Å². The molecule has 5 fully saturated rings. The van der Waals surface area contributed by atoms with Gasteiger partial charge in [0.1, 0.15) is 37.0 Å². The molecule has 130 valence electrons. The molecule has 0 spiro atoms. The Kier molecular flexibility index (Phi) is 2.98. The summed E-state index contributed by atoms with van der Waals surface area (Å²) in [5.41, 5.74) is 0. The number of hydrogen-bond donors (Lipinski definition) is 2. The van der Waals surface area contributed by atoms with Crippen molar-refractivity contribution >= 4 is 23.6 Å². The van der Waals surface area contributed by atoms with E-state index in [1.165, 1.54) is 27.7 Å². The lowest BCUT2D eigenvalue weighted by atomic mass is 10.1. The van der Waals surface area contributed by atoms with Gasteiger partial charge < -0.3 is 0 Å². The Balaban J connectivity index is 1.94. The van der Waals surface area contributed by atoms with Crippen molar-refractivity contribution in [3.05, 3.63) is 0 Å². The second kappa shape index (κ2) is 4.67. The summed E-state index contributed by atoms with van der Waals surface area (Å²) >= 11 is 0. The first-order valence-corrected chi connectivity index (χ1v) is 7.93. The molecule has 6 unspecified atom stereocenters. The van der Waals surface area contributed by atoms with Gasteiger partial charge in [0.05, 0.1) is 0 Å². The van der Waals surface area contributed by atoms with Gasteiger partial charge in [0.25, 0.3) is 0 Å². The topological polar surface area (TPSA) is 105 Å². The molecule has 0 radical (unpaired) electrons. The van der Waals surface area contributed by atoms with Crippen LogP contribution in [0, 0.1) is 0 Å². The Morgan fingerprint density at radius 3 is 1.04 bits per heavy atom. The zero-order valence-electron chi connectivity index (χ0n) is 13.9. The first-order valence-electron chi connectivity index (χ1n) is 7.93. The molecule has 6 bridgehead atoms. The normalized spacial score (nSPS) is 38.8. The Morgan fingerprint density at radius 1 is 0.542 bits per heavy atom. The molecule has 10 nitrogen and oxygen atoms in total. The summed E-state index contributed by atoms with van der Waals surface area (Å²) in [4.78, 5) is 55.5. The molecule has 6 atom stereocenters. The zero-order valence-corrected chi connectivity index (χ0v) is 13.9. The summed E-state index contributed by atoms with van der Waals surface area (Å²) in [6.07, 6.45) is -3.22. The minimum atomic E-state index is -0.582. The number of nitrogens with zero attached hydrogens (tertiary/aromatic N) is 4. The standard InChI is InChI=1S/C14H20N6O4/c1-5(21)17-9-10-16-12-14(18(10)6(2)22)20(8(4)24)11(15-9)13(17)19(12)7(3)23/h9-16H,1-4H3. The van der Waals surface area contributed by atoms with Crippen molar-refractivity contribution in [2.75, 3.05) is 0 Å². The van der Waals surface area contributed by atoms with E-state index in [2.05, 4.69) is 10.6 Å². The molecular weight excluding hydrogens is 316 g/mol. The molecule has 0 saturated carbocycles. The Hall–Kier alpha value is -2.20. The van der Waals surface area contributed by atoms with Crippen LogP contribution in [0.4, 0.5) is 0 Å². The second-order valence-corrected chi connectivity index (χ2v) is 6.65. The third kappa shape index (κ3) is 1.62. The molecule has 4 amide bonds. The summed E-state index contributed by atoms with van der Waals surface area (Å²) in [6.45, 7) is 5.72. The van der Waals surface area contributed by atoms with Crippen LogP contribution in [0.5, 0.6) is 0 Å². The number of rotatable bonds is 0. The van der Waals surface area contributed by atoms with Crippen molar-refractivity contribution in [2.45, 2.75) is 64.7 Å². The quantitative estimate of drug-likeness (QED) is 0.510. The largest absolute Gasteiger partial charge is 0.300 e. The van der Waals surface area contributed by atoms with Gasteiger partial charge in [0, 0.05) is 27.7 Å². The number of carbonyl (C=O) groups excluding carboxylic acids is 4. The maximum atomic E-state index is 12.3. The highest BCUT2D eigenvalue weighted by Crippen LogP contribution is 2.43. The number of nitrogens with one attached hydrogen (secondary N) is 2. The Bertz CT molecular complexity index is 612. The van der Waals surface area contributed by atoms with E-state index in [0.29, 0.717) is 0 Å². The van der Waals surface area contributed by atoms with Gasteiger partial charge in [0.15, 0.2) is 0 Å². The molecule has 0 aromatic carbocycles. The van der Waals surface area contributed by atoms with E-state index < -0.39 is 37.0 Å². The third-order valence-electron chi connectivity index (χ3n) is 5.34. The fraction of sp³-hybridized carbons (Fsp3) is 0.714. The minimum Gasteiger partial charge on any atom is -0.300 e. The van der Waals surface area contributed by atoms with Crippen LogP contribution in [0.25, 0.3) is 0 Å². The van der Waals surface area contributed by atoms with Gasteiger partial charge in [-0.2, -0.15) is 0 Å². The van der Waals surface area contributed by atoms with Crippen LogP contribution in [0.3, 0.4) is 0 Å². The first kappa shape index (κ1) is 15.3. The lowest BCUT2D eigenvalue weighted by Gasteiger charge is -2.53. The highest BCUT2D eigenvalue weighted by molar-refractivity contribution is 5.83. The summed E-state index contributed by atoms with van der Waals surface area (Å²) in [7, 11) is 0. The minimum absolute atomic E-state index is 0.213. The molecule has 0 aromatic heterocycles. The monoisotopic (exact) mass is 336 g/mol. The SMILES string of the molecule is CC(=O)N1C2NC3C1N(C(C)=O)C1NC2N(C(C)=O)C1N3C(C)=O. The fourth-order valence-corrected chi connectivity index (χ4v) is 4.68. The van der Waals surface area contributed by atoms with E-state index in [-0.39, 0.29) is 23.6 Å². The highest BCUT2D eigenvalue weighted by Gasteiger charge is 2.69. The molecule has 5 saturated heterocycles. The zero-order chi connectivity index (χ0) is 17.5. The summed E-state index contributed by atoms with van der Waals surface area (Å²) in [5.74, 6) is -0.858. The van der Waals surface area contributed by atoms with Crippen molar-refractivity contribution in [1.29, 1.82) is 0 Å². The van der Waals surface area contributed by atoms with Crippen molar-refractivity contribution in [3.63, 3.8) is 0 Å². The molecule has 5 heterocycles. The molecule has 0 aliphatic carbocycles. The Morgan fingerprint density at radius 2 is 0.792 bits per heavy atom. The molecular formula is C14H20N6O4. The Labute approximate surface area is 138 Å². The van der Waals surface area contributed by atoms with Crippen LogP contribution >= 0.6 is 0 Å². The molecule has 10 heteroatoms. The van der Waals surface area contributed by atoms with E-state index in [4.69, 9.17) is 0 Å². The van der Waals surface area contributed by atoms with Gasteiger partial charge in [-0.05, 0) is 0 Å². The van der Waals surface area contributed by atoms with Gasteiger partial charge >= 0.3 is 0 Å². The van der Waals surface area contributed by atoms with E-state index in [1.807, 2.05) is 0 Å². The van der Waals surface area contributed by atoms with Crippen LogP contribution in [-0.4, -0.2) is 80.2 Å². The number of hydrogen-bond acceptors (Lipinski definition) is 6. The number of carbonyl (C=O) groups is 4. The van der Waals surface area contributed by atoms with Gasteiger partial charge in [-0.3, -0.25) is 49.4 Å². The predicted molar refractivity (Wildman–Crippen MR) is 79.1 cm³/mol. The molecule has 0 aromatic rings. The van der Waals surface area contributed by atoms with Crippen LogP contribution in [0.1, 0.15) is 27.7 Å². The number of amides is 4. The average Bonchev–Trinajstić information content (AvgIpc) is 2.92. The lowest BCUT2D eigenvalue weighted by Crippen LogP contribution is -2.75. The highest BCUT2D eigenvalue weighted by atomic mass is 16.2. The average molecular weight is 336 g/mol. The third-order valence-corrected chi connectivity index (χ3v) is 5.34. The van der Waals surface area contributed by atoms with Crippen LogP contribution < -0.4 is 10.6 Å². The van der Waals surface area contributed by atoms with Crippen molar-refractivity contribution in [3.8, 4) is 0 Å². The summed E-state index contributed by atoms with van der Waals surface area (Å²) in [6, 6.07) is 0. The second-order valence-electron chi connectivity index (χ2n) is 6.65. The molecule has 2 N–H and O–H groups in total. The predicted octanol–water partition coefficient (Wildman–Crippen LogP) is -2.43. The van der Waals surface area contributed by atoms with E-state index in [0.717, 1.165) is 0 Å². The maximum absolute atomic E-state index is 12.3. The van der Waals surface area contributed by atoms with Crippen LogP contribution in [0.15, 0.2) is 0 Å². The van der Waals surface area contributed by atoms with Crippen molar-refractivity contribution < 1.29 is 19.2 Å². The first-order chi connectivity index (χ1) is 11.3. The van der Waals surface area contributed by atoms with Crippen LogP contribution in [-0.2, 0) is 19.2 Å². The van der Waals surface area contributed by atoms with Crippen molar-refractivity contribution in [1.82, 2.24) is 30.2 Å². The molecule has 5 rings (SSSR count). The van der Waals surface area contributed by atoms with E-state index >= 15 is 0 Å². The molecule has 24 heavy (non-hydrogen) atoms. The molecule has 5 aliphatic heterocycles. The van der Waals surface area contributed by atoms with Crippen molar-refractivity contribution in [2.24, 2.45) is 0 Å². The summed E-state index contributed by atoms with van der Waals surface area (Å²) in [5, 5.41) is 6.53. The van der Waals surface area contributed by atoms with Gasteiger partial charge in [-0.1, -0.05) is 0 Å². The van der Waals surface area contributed by atoms with E-state index in [9.17, 15) is 19.2 Å². The lowest BCUT2D eigenvalue weighted by molar-refractivity contribution is -0.179.